The summed E-state index contributed by atoms with van der Waals surface area (Å²) in [7, 11) is 0. The number of benzene rings is 4. The number of hydrogen-bond donors (Lipinski definition) is 1. The smallest absolute Gasteiger partial charge is 0.172 e. The van der Waals surface area contributed by atoms with Crippen molar-refractivity contribution in [1.82, 2.24) is 0 Å². The summed E-state index contributed by atoms with van der Waals surface area (Å²) in [5, 5.41) is 11.6. The van der Waals surface area contributed by atoms with Crippen LogP contribution in [0.15, 0.2) is 66.7 Å². The number of ether oxygens (including phenoxy) is 1. The number of phenolic OH excluding ortho intramolecular Hbond substituents is 1. The number of phenols is 1. The average Bonchev–Trinajstić information content (AvgIpc) is 2.58. The summed E-state index contributed by atoms with van der Waals surface area (Å²) in [6.07, 6.45) is 0. The first-order valence-corrected chi connectivity index (χ1v) is 7.39. The van der Waals surface area contributed by atoms with Crippen LogP contribution < -0.4 is 4.74 Å². The van der Waals surface area contributed by atoms with Gasteiger partial charge < -0.3 is 9.84 Å². The number of aromatic hydroxyl groups is 1. The molecule has 0 bridgehead atoms. The van der Waals surface area contributed by atoms with Crippen molar-refractivity contribution in [2.45, 2.75) is 0 Å². The summed E-state index contributed by atoms with van der Waals surface area (Å²) < 4.78 is 33.7. The molecule has 0 spiro atoms. The van der Waals surface area contributed by atoms with Gasteiger partial charge in [0.15, 0.2) is 11.6 Å². The monoisotopic (exact) mass is 322 g/mol. The van der Waals surface area contributed by atoms with Crippen molar-refractivity contribution in [2.75, 3.05) is 0 Å². The predicted molar refractivity (Wildman–Crippen MR) is 89.6 cm³/mol. The van der Waals surface area contributed by atoms with Gasteiger partial charge in [0.2, 0.25) is 0 Å². The Morgan fingerprint density at radius 2 is 1.46 bits per heavy atom. The first-order valence-electron chi connectivity index (χ1n) is 7.39. The van der Waals surface area contributed by atoms with Gasteiger partial charge in [0.05, 0.1) is 0 Å². The molecule has 0 amide bonds. The maximum Gasteiger partial charge on any atom is 0.172 e. The highest BCUT2D eigenvalue weighted by atomic mass is 19.1. The van der Waals surface area contributed by atoms with Gasteiger partial charge in [0.25, 0.3) is 0 Å². The van der Waals surface area contributed by atoms with E-state index in [4.69, 9.17) is 4.74 Å². The van der Waals surface area contributed by atoms with Gasteiger partial charge in [0.1, 0.15) is 17.3 Å². The van der Waals surface area contributed by atoms with Crippen LogP contribution in [0.5, 0.6) is 17.2 Å². The van der Waals surface area contributed by atoms with E-state index in [1.54, 1.807) is 36.4 Å². The third-order valence-corrected chi connectivity index (χ3v) is 3.93. The maximum absolute atomic E-state index is 14.1. The Kier molecular flexibility index (Phi) is 3.31. The van der Waals surface area contributed by atoms with E-state index in [1.807, 2.05) is 12.1 Å². The minimum atomic E-state index is -0.671. The molecule has 4 aromatic carbocycles. The first-order chi connectivity index (χ1) is 11.6. The van der Waals surface area contributed by atoms with Gasteiger partial charge >= 0.3 is 0 Å². The van der Waals surface area contributed by atoms with Crippen LogP contribution in [-0.2, 0) is 0 Å². The van der Waals surface area contributed by atoms with E-state index in [0.29, 0.717) is 27.7 Å². The molecule has 24 heavy (non-hydrogen) atoms. The van der Waals surface area contributed by atoms with Gasteiger partial charge in [-0.05, 0) is 41.1 Å². The van der Waals surface area contributed by atoms with Gasteiger partial charge in [-0.3, -0.25) is 0 Å². The topological polar surface area (TPSA) is 29.5 Å². The fraction of sp³-hybridized carbons (Fsp3) is 0. The normalized spacial score (nSPS) is 11.1. The molecule has 0 aliphatic heterocycles. The zero-order valence-corrected chi connectivity index (χ0v) is 12.5. The number of rotatable bonds is 2. The molecule has 4 rings (SSSR count). The van der Waals surface area contributed by atoms with Crippen LogP contribution in [0, 0.1) is 11.6 Å². The highest BCUT2D eigenvalue weighted by Gasteiger charge is 2.09. The van der Waals surface area contributed by atoms with E-state index in [0.717, 1.165) is 5.39 Å². The molecule has 0 saturated heterocycles. The molecule has 0 atom stereocenters. The Morgan fingerprint density at radius 3 is 2.33 bits per heavy atom. The first kappa shape index (κ1) is 14.5. The lowest BCUT2D eigenvalue weighted by atomic mass is 10.1. The average molecular weight is 322 g/mol. The largest absolute Gasteiger partial charge is 0.505 e. The molecule has 1 N–H and O–H groups in total. The predicted octanol–water partition coefficient (Wildman–Crippen LogP) is 5.77. The second-order valence-electron chi connectivity index (χ2n) is 5.51. The summed E-state index contributed by atoms with van der Waals surface area (Å²) in [5.41, 5.74) is 0. The Labute approximate surface area is 136 Å². The number of halogens is 2. The Morgan fingerprint density at radius 1 is 0.708 bits per heavy atom. The molecule has 0 radical (unpaired) electrons. The molecule has 0 saturated carbocycles. The van der Waals surface area contributed by atoms with Crippen molar-refractivity contribution in [2.24, 2.45) is 0 Å². The van der Waals surface area contributed by atoms with Gasteiger partial charge in [-0.2, -0.15) is 0 Å². The molecule has 0 aromatic heterocycles. The minimum Gasteiger partial charge on any atom is -0.505 e. The molecule has 4 aromatic rings. The van der Waals surface area contributed by atoms with E-state index < -0.39 is 11.6 Å². The van der Waals surface area contributed by atoms with Crippen molar-refractivity contribution in [3.05, 3.63) is 78.4 Å². The second kappa shape index (κ2) is 5.49. The highest BCUT2D eigenvalue weighted by Crippen LogP contribution is 2.32. The standard InChI is InChI=1S/C20H12F2O2/c21-18-11-15(10-12-3-1-2-4-16(12)18)24-14-6-7-17-13(9-14)5-8-19(23)20(17)22/h1-11,23H. The zero-order valence-electron chi connectivity index (χ0n) is 12.5. The molecule has 0 unspecified atom stereocenters. The van der Waals surface area contributed by atoms with E-state index in [-0.39, 0.29) is 5.82 Å². The van der Waals surface area contributed by atoms with Crippen LogP contribution in [0.25, 0.3) is 21.5 Å². The summed E-state index contributed by atoms with van der Waals surface area (Å²) in [5.74, 6) is -0.601. The molecule has 2 nitrogen and oxygen atoms in total. The van der Waals surface area contributed by atoms with Crippen LogP contribution in [0.2, 0.25) is 0 Å². The maximum atomic E-state index is 14.1. The molecule has 0 aliphatic carbocycles. The van der Waals surface area contributed by atoms with E-state index >= 15 is 0 Å². The van der Waals surface area contributed by atoms with Crippen LogP contribution in [-0.4, -0.2) is 5.11 Å². The van der Waals surface area contributed by atoms with Gasteiger partial charge in [-0.15, -0.1) is 0 Å². The zero-order chi connectivity index (χ0) is 16.7. The summed E-state index contributed by atoms with van der Waals surface area (Å²) in [6.45, 7) is 0. The van der Waals surface area contributed by atoms with E-state index in [2.05, 4.69) is 0 Å². The lowest BCUT2D eigenvalue weighted by Gasteiger charge is -2.09. The van der Waals surface area contributed by atoms with Crippen LogP contribution in [0.4, 0.5) is 8.78 Å². The molecule has 118 valence electrons. The minimum absolute atomic E-state index is 0.298. The third-order valence-electron chi connectivity index (χ3n) is 3.93. The summed E-state index contributed by atoms with van der Waals surface area (Å²) in [6, 6.07) is 17.8. The number of hydrogen-bond acceptors (Lipinski definition) is 2. The fourth-order valence-corrected chi connectivity index (χ4v) is 2.75. The van der Waals surface area contributed by atoms with Crippen molar-refractivity contribution in [3.8, 4) is 17.2 Å². The lowest BCUT2D eigenvalue weighted by molar-refractivity contribution is 0.436. The SMILES string of the molecule is Oc1ccc2cc(Oc3cc(F)c4ccccc4c3)ccc2c1F. The molecule has 0 aliphatic rings. The van der Waals surface area contributed by atoms with E-state index in [9.17, 15) is 13.9 Å². The van der Waals surface area contributed by atoms with Gasteiger partial charge in [-0.1, -0.05) is 30.3 Å². The second-order valence-corrected chi connectivity index (χ2v) is 5.51. The van der Waals surface area contributed by atoms with Gasteiger partial charge in [0, 0.05) is 16.8 Å². The highest BCUT2D eigenvalue weighted by molar-refractivity contribution is 5.86. The summed E-state index contributed by atoms with van der Waals surface area (Å²) >= 11 is 0. The van der Waals surface area contributed by atoms with Gasteiger partial charge in [-0.25, -0.2) is 8.78 Å². The molecular formula is C20H12F2O2. The fourth-order valence-electron chi connectivity index (χ4n) is 2.75. The molecule has 4 heteroatoms. The quantitative estimate of drug-likeness (QED) is 0.508. The molecular weight excluding hydrogens is 310 g/mol. The summed E-state index contributed by atoms with van der Waals surface area (Å²) in [4.78, 5) is 0. The van der Waals surface area contributed by atoms with Crippen molar-refractivity contribution in [1.29, 1.82) is 0 Å². The Balaban J connectivity index is 1.75. The van der Waals surface area contributed by atoms with Crippen LogP contribution in [0.3, 0.4) is 0 Å². The van der Waals surface area contributed by atoms with Crippen molar-refractivity contribution < 1.29 is 18.6 Å². The van der Waals surface area contributed by atoms with Crippen LogP contribution in [0.1, 0.15) is 0 Å². The molecule has 0 heterocycles. The Bertz CT molecular complexity index is 1070. The lowest BCUT2D eigenvalue weighted by Crippen LogP contribution is -1.88. The number of fused-ring (bicyclic) bond motifs is 2. The van der Waals surface area contributed by atoms with Crippen LogP contribution >= 0.6 is 0 Å². The van der Waals surface area contributed by atoms with Crippen molar-refractivity contribution in [3.63, 3.8) is 0 Å². The third kappa shape index (κ3) is 2.42. The van der Waals surface area contributed by atoms with Crippen molar-refractivity contribution >= 4 is 21.5 Å². The Hall–Kier alpha value is -3.14. The molecule has 0 fully saturated rings. The van der Waals surface area contributed by atoms with E-state index in [1.165, 1.54) is 18.2 Å².